The first kappa shape index (κ1) is 17.7. The van der Waals surface area contributed by atoms with E-state index in [4.69, 9.17) is 4.74 Å². The SMILES string of the molecule is Cc1ccc(C(=O)Nc2ccc3sc(C(=O)N4CCOCC4)cc3c2)cc1. The van der Waals surface area contributed by atoms with Crippen LogP contribution in [0.15, 0.2) is 48.5 Å². The molecule has 27 heavy (non-hydrogen) atoms. The van der Waals surface area contributed by atoms with Gasteiger partial charge in [0.25, 0.3) is 11.8 Å². The predicted molar refractivity (Wildman–Crippen MR) is 108 cm³/mol. The largest absolute Gasteiger partial charge is 0.378 e. The molecule has 3 aromatic rings. The maximum atomic E-state index is 12.7. The van der Waals surface area contributed by atoms with E-state index in [1.807, 2.05) is 60.4 Å². The Morgan fingerprint density at radius 3 is 2.52 bits per heavy atom. The van der Waals surface area contributed by atoms with Crippen LogP contribution in [0.4, 0.5) is 5.69 Å². The summed E-state index contributed by atoms with van der Waals surface area (Å²) in [6.07, 6.45) is 0. The highest BCUT2D eigenvalue weighted by atomic mass is 32.1. The number of carbonyl (C=O) groups excluding carboxylic acids is 2. The lowest BCUT2D eigenvalue weighted by Gasteiger charge is -2.26. The van der Waals surface area contributed by atoms with Gasteiger partial charge in [-0.15, -0.1) is 11.3 Å². The molecule has 2 aromatic carbocycles. The zero-order chi connectivity index (χ0) is 18.8. The molecule has 0 saturated carbocycles. The Hall–Kier alpha value is -2.70. The molecule has 0 atom stereocenters. The molecule has 0 spiro atoms. The fourth-order valence-electron chi connectivity index (χ4n) is 3.06. The lowest BCUT2D eigenvalue weighted by Crippen LogP contribution is -2.40. The molecular formula is C21H20N2O3S. The molecule has 1 aliphatic rings. The molecule has 138 valence electrons. The minimum Gasteiger partial charge on any atom is -0.378 e. The van der Waals surface area contributed by atoms with Gasteiger partial charge in [-0.25, -0.2) is 0 Å². The fraction of sp³-hybridized carbons (Fsp3) is 0.238. The zero-order valence-electron chi connectivity index (χ0n) is 15.0. The monoisotopic (exact) mass is 380 g/mol. The first-order chi connectivity index (χ1) is 13.1. The van der Waals surface area contributed by atoms with E-state index < -0.39 is 0 Å². The average Bonchev–Trinajstić information content (AvgIpc) is 3.12. The number of thiophene rings is 1. The summed E-state index contributed by atoms with van der Waals surface area (Å²) in [5, 5.41) is 3.88. The number of nitrogens with zero attached hydrogens (tertiary/aromatic N) is 1. The summed E-state index contributed by atoms with van der Waals surface area (Å²) >= 11 is 1.48. The minimum absolute atomic E-state index is 0.0461. The molecule has 5 nitrogen and oxygen atoms in total. The van der Waals surface area contributed by atoms with E-state index >= 15 is 0 Å². The molecular weight excluding hydrogens is 360 g/mol. The minimum atomic E-state index is -0.144. The Bertz CT molecular complexity index is 988. The second kappa shape index (κ2) is 7.50. The number of carbonyl (C=O) groups is 2. The summed E-state index contributed by atoms with van der Waals surface area (Å²) in [6, 6.07) is 15.1. The summed E-state index contributed by atoms with van der Waals surface area (Å²) in [4.78, 5) is 27.6. The van der Waals surface area contributed by atoms with E-state index in [9.17, 15) is 9.59 Å². The highest BCUT2D eigenvalue weighted by Crippen LogP contribution is 2.29. The molecule has 2 amide bonds. The van der Waals surface area contributed by atoms with Crippen molar-refractivity contribution in [3.05, 3.63) is 64.5 Å². The Labute approximate surface area is 161 Å². The number of aryl methyl sites for hydroxylation is 1. The smallest absolute Gasteiger partial charge is 0.264 e. The summed E-state index contributed by atoms with van der Waals surface area (Å²) in [5.74, 6) is -0.0982. The molecule has 0 radical (unpaired) electrons. The number of amides is 2. The molecule has 1 aromatic heterocycles. The van der Waals surface area contributed by atoms with Gasteiger partial charge in [-0.1, -0.05) is 17.7 Å². The van der Waals surface area contributed by atoms with Crippen molar-refractivity contribution in [3.63, 3.8) is 0 Å². The normalized spacial score (nSPS) is 14.3. The zero-order valence-corrected chi connectivity index (χ0v) is 15.8. The van der Waals surface area contributed by atoms with Crippen molar-refractivity contribution in [2.24, 2.45) is 0 Å². The molecule has 0 bridgehead atoms. The van der Waals surface area contributed by atoms with Gasteiger partial charge >= 0.3 is 0 Å². The van der Waals surface area contributed by atoms with Gasteiger partial charge in [0.15, 0.2) is 0 Å². The number of benzene rings is 2. The van der Waals surface area contributed by atoms with Crippen LogP contribution in [-0.2, 0) is 4.74 Å². The van der Waals surface area contributed by atoms with Crippen molar-refractivity contribution >= 4 is 38.9 Å². The molecule has 4 rings (SSSR count). The molecule has 2 heterocycles. The first-order valence-electron chi connectivity index (χ1n) is 8.89. The van der Waals surface area contributed by atoms with E-state index in [0.29, 0.717) is 36.7 Å². The van der Waals surface area contributed by atoms with E-state index in [-0.39, 0.29) is 11.8 Å². The highest BCUT2D eigenvalue weighted by molar-refractivity contribution is 7.20. The van der Waals surface area contributed by atoms with Crippen molar-refractivity contribution in [2.75, 3.05) is 31.6 Å². The maximum absolute atomic E-state index is 12.7. The Kier molecular flexibility index (Phi) is 4.92. The average molecular weight is 380 g/mol. The van der Waals surface area contributed by atoms with Crippen molar-refractivity contribution < 1.29 is 14.3 Å². The van der Waals surface area contributed by atoms with Crippen LogP contribution in [0.25, 0.3) is 10.1 Å². The second-order valence-electron chi connectivity index (χ2n) is 6.59. The van der Waals surface area contributed by atoms with Gasteiger partial charge < -0.3 is 15.0 Å². The number of morpholine rings is 1. The lowest BCUT2D eigenvalue weighted by molar-refractivity contribution is 0.0306. The molecule has 0 unspecified atom stereocenters. The van der Waals surface area contributed by atoms with Crippen LogP contribution in [0, 0.1) is 6.92 Å². The van der Waals surface area contributed by atoms with Crippen LogP contribution in [0.5, 0.6) is 0 Å². The quantitative estimate of drug-likeness (QED) is 0.749. The number of rotatable bonds is 3. The van der Waals surface area contributed by atoms with Crippen molar-refractivity contribution in [1.82, 2.24) is 4.90 Å². The third kappa shape index (κ3) is 3.86. The molecule has 1 fully saturated rings. The van der Waals surface area contributed by atoms with Crippen LogP contribution < -0.4 is 5.32 Å². The van der Waals surface area contributed by atoms with Gasteiger partial charge in [-0.3, -0.25) is 9.59 Å². The van der Waals surface area contributed by atoms with Crippen LogP contribution in [0.1, 0.15) is 25.6 Å². The van der Waals surface area contributed by atoms with Gasteiger partial charge in [-0.05, 0) is 48.7 Å². The third-order valence-corrected chi connectivity index (χ3v) is 5.70. The molecule has 6 heteroatoms. The van der Waals surface area contributed by atoms with Gasteiger partial charge in [0.05, 0.1) is 18.1 Å². The van der Waals surface area contributed by atoms with Crippen molar-refractivity contribution in [2.45, 2.75) is 6.92 Å². The summed E-state index contributed by atoms with van der Waals surface area (Å²) in [5.41, 5.74) is 2.45. The third-order valence-electron chi connectivity index (χ3n) is 4.60. The van der Waals surface area contributed by atoms with Crippen molar-refractivity contribution in [1.29, 1.82) is 0 Å². The summed E-state index contributed by atoms with van der Waals surface area (Å²) in [6.45, 7) is 4.43. The Morgan fingerprint density at radius 2 is 1.78 bits per heavy atom. The summed E-state index contributed by atoms with van der Waals surface area (Å²) < 4.78 is 6.34. The topological polar surface area (TPSA) is 58.6 Å². The van der Waals surface area contributed by atoms with Gasteiger partial charge in [0.1, 0.15) is 0 Å². The van der Waals surface area contributed by atoms with Gasteiger partial charge in [0, 0.05) is 29.0 Å². The maximum Gasteiger partial charge on any atom is 0.264 e. The van der Waals surface area contributed by atoms with Crippen LogP contribution >= 0.6 is 11.3 Å². The van der Waals surface area contributed by atoms with Crippen LogP contribution in [0.2, 0.25) is 0 Å². The number of hydrogen-bond donors (Lipinski definition) is 1. The lowest BCUT2D eigenvalue weighted by atomic mass is 10.1. The van der Waals surface area contributed by atoms with Crippen molar-refractivity contribution in [3.8, 4) is 0 Å². The number of hydrogen-bond acceptors (Lipinski definition) is 4. The van der Waals surface area contributed by atoms with Crippen LogP contribution in [0.3, 0.4) is 0 Å². The highest BCUT2D eigenvalue weighted by Gasteiger charge is 2.20. The molecule has 0 aliphatic carbocycles. The van der Waals surface area contributed by atoms with E-state index in [0.717, 1.165) is 21.3 Å². The van der Waals surface area contributed by atoms with E-state index in [1.165, 1.54) is 11.3 Å². The molecule has 1 saturated heterocycles. The number of fused-ring (bicyclic) bond motifs is 1. The Morgan fingerprint density at radius 1 is 1.04 bits per heavy atom. The summed E-state index contributed by atoms with van der Waals surface area (Å²) in [7, 11) is 0. The number of nitrogens with one attached hydrogen (secondary N) is 1. The fourth-order valence-corrected chi connectivity index (χ4v) is 4.07. The number of anilines is 1. The van der Waals surface area contributed by atoms with E-state index in [1.54, 1.807) is 0 Å². The predicted octanol–water partition coefficient (Wildman–Crippen LogP) is 3.93. The second-order valence-corrected chi connectivity index (χ2v) is 7.67. The Balaban J connectivity index is 1.52. The standard InChI is InChI=1S/C21H20N2O3S/c1-14-2-4-15(5-3-14)20(24)22-17-6-7-18-16(12-17)13-19(27-18)21(25)23-8-10-26-11-9-23/h2-7,12-13H,8-11H2,1H3,(H,22,24). The van der Waals surface area contributed by atoms with Gasteiger partial charge in [0.2, 0.25) is 0 Å². The van der Waals surface area contributed by atoms with Crippen LogP contribution in [-0.4, -0.2) is 43.0 Å². The first-order valence-corrected chi connectivity index (χ1v) is 9.70. The number of ether oxygens (including phenoxy) is 1. The van der Waals surface area contributed by atoms with E-state index in [2.05, 4.69) is 5.32 Å². The van der Waals surface area contributed by atoms with Gasteiger partial charge in [-0.2, -0.15) is 0 Å². The molecule has 1 N–H and O–H groups in total. The molecule has 1 aliphatic heterocycles.